The van der Waals surface area contributed by atoms with Gasteiger partial charge in [-0.05, 0) is 17.2 Å². The fourth-order valence-corrected chi connectivity index (χ4v) is 6.68. The molecule has 0 aromatic heterocycles. The minimum absolute atomic E-state index is 0.124. The first-order valence-electron chi connectivity index (χ1n) is 4.88. The van der Waals surface area contributed by atoms with Gasteiger partial charge in [0.05, 0.1) is 0 Å². The Bertz CT molecular complexity index is 150. The van der Waals surface area contributed by atoms with Gasteiger partial charge in [0, 0.05) is 5.78 Å². The van der Waals surface area contributed by atoms with Gasteiger partial charge in [-0.15, -0.1) is 0 Å². The van der Waals surface area contributed by atoms with Gasteiger partial charge in [-0.1, -0.05) is 49.5 Å². The first-order chi connectivity index (χ1) is 6.48. The number of nitrogens with two attached hydrogens (primary N) is 1. The van der Waals surface area contributed by atoms with Gasteiger partial charge in [0.2, 0.25) is 0 Å². The van der Waals surface area contributed by atoms with Crippen LogP contribution in [0.3, 0.4) is 0 Å². The fraction of sp³-hybridized carbons (Fsp3) is 1.00. The molecule has 0 aliphatic carbocycles. The van der Waals surface area contributed by atoms with Crippen molar-refractivity contribution >= 4 is 27.3 Å². The summed E-state index contributed by atoms with van der Waals surface area (Å²) in [5, 5.41) is 0.726. The Labute approximate surface area is 112 Å². The van der Waals surface area contributed by atoms with Crippen molar-refractivity contribution in [2.45, 2.75) is 64.6 Å². The molecule has 0 saturated heterocycles. The van der Waals surface area contributed by atoms with Crippen LogP contribution in [0, 0.1) is 0 Å². The topological polar surface area (TPSA) is 26.0 Å². The predicted molar refractivity (Wildman–Crippen MR) is 71.8 cm³/mol. The van der Waals surface area contributed by atoms with Crippen LogP contribution in [0.1, 0.15) is 48.5 Å². The van der Waals surface area contributed by atoms with Gasteiger partial charge < -0.3 is 5.73 Å². The van der Waals surface area contributed by atoms with E-state index in [1.54, 1.807) is 0 Å². The normalized spacial score (nSPS) is 14.9. The summed E-state index contributed by atoms with van der Waals surface area (Å²) in [4.78, 5) is 0. The molecule has 0 amide bonds. The molecule has 0 heterocycles. The molecule has 0 spiro atoms. The zero-order valence-electron chi connectivity index (χ0n) is 10.7. The monoisotopic (exact) mass is 361 g/mol. The van der Waals surface area contributed by atoms with Crippen molar-refractivity contribution in [2.24, 2.45) is 5.73 Å². The summed E-state index contributed by atoms with van der Waals surface area (Å²) in [5.41, 5.74) is 6.04. The van der Waals surface area contributed by atoms with Gasteiger partial charge in [-0.3, -0.25) is 0 Å². The van der Waals surface area contributed by atoms with Gasteiger partial charge in [-0.2, -0.15) is 0 Å². The fourth-order valence-electron chi connectivity index (χ4n) is 2.23. The van der Waals surface area contributed by atoms with Crippen LogP contribution in [-0.4, -0.2) is 16.1 Å². The number of halogens is 2. The van der Waals surface area contributed by atoms with Crippen molar-refractivity contribution in [2.75, 3.05) is 0 Å². The van der Waals surface area contributed by atoms with Crippen LogP contribution in [0.25, 0.3) is 0 Å². The molecule has 0 saturated carbocycles. The van der Waals surface area contributed by atoms with Gasteiger partial charge in [0.25, 0.3) is 0 Å². The van der Waals surface area contributed by atoms with E-state index in [0.29, 0.717) is 16.1 Å². The van der Waals surface area contributed by atoms with E-state index < -0.39 is 0 Å². The Morgan fingerprint density at radius 3 is 1.20 bits per heavy atom. The van der Waals surface area contributed by atoms with Crippen molar-refractivity contribution in [1.29, 1.82) is 0 Å². The second-order valence-corrected chi connectivity index (χ2v) is 12.4. The average molecular weight is 361 g/mol. The van der Waals surface area contributed by atoms with Gasteiger partial charge in [0.1, 0.15) is 0 Å². The third kappa shape index (κ3) is 9.31. The van der Waals surface area contributed by atoms with Crippen LogP contribution in [0.4, 0.5) is 0 Å². The third-order valence-corrected chi connectivity index (χ3v) is 5.56. The van der Waals surface area contributed by atoms with E-state index in [9.17, 15) is 0 Å². The van der Waals surface area contributed by atoms with E-state index >= 15 is 0 Å². The van der Waals surface area contributed by atoms with Crippen molar-refractivity contribution in [3.63, 3.8) is 0 Å². The number of hydrogen-bond acceptors (Lipinski definition) is 1. The first kappa shape index (κ1) is 18.9. The molecule has 0 aromatic carbocycles. The van der Waals surface area contributed by atoms with Crippen LogP contribution in [0.5, 0.6) is 0 Å². The molecule has 1 unspecified atom stereocenters. The maximum atomic E-state index is 6.04. The first-order valence-corrected chi connectivity index (χ1v) is 10.8. The van der Waals surface area contributed by atoms with Crippen molar-refractivity contribution in [3.8, 4) is 0 Å². The zero-order chi connectivity index (χ0) is 12.9. The number of rotatable bonds is 1. The van der Waals surface area contributed by atoms with Crippen LogP contribution >= 0.6 is 27.3 Å². The second kappa shape index (κ2) is 7.83. The van der Waals surface area contributed by atoms with E-state index in [1.807, 2.05) is 0 Å². The van der Waals surface area contributed by atoms with E-state index in [4.69, 9.17) is 25.1 Å². The van der Waals surface area contributed by atoms with Gasteiger partial charge >= 0.3 is 34.5 Å². The Kier molecular flexibility index (Phi) is 9.89. The van der Waals surface area contributed by atoms with Gasteiger partial charge in [0.15, 0.2) is 0 Å². The second-order valence-electron chi connectivity index (χ2n) is 5.50. The molecular formula is C10H24Cl2NPRu. The van der Waals surface area contributed by atoms with Crippen LogP contribution in [-0.2, 0) is 15.1 Å². The SMILES string of the molecule is CC(N)P(C(C)(C)C)C(C)(C)C.[Cl][Ru][Cl]. The van der Waals surface area contributed by atoms with Gasteiger partial charge in [-0.25, -0.2) is 0 Å². The summed E-state index contributed by atoms with van der Waals surface area (Å²) in [6, 6.07) is 0. The Balaban J connectivity index is 0. The molecule has 5 heteroatoms. The summed E-state index contributed by atoms with van der Waals surface area (Å²) in [7, 11) is 9.58. The molecule has 15 heavy (non-hydrogen) atoms. The summed E-state index contributed by atoms with van der Waals surface area (Å²) in [6.07, 6.45) is 0. The maximum absolute atomic E-state index is 6.04. The summed E-state index contributed by atoms with van der Waals surface area (Å²) in [6.45, 7) is 15.9. The summed E-state index contributed by atoms with van der Waals surface area (Å²) < 4.78 is 0. The Morgan fingerprint density at radius 2 is 1.20 bits per heavy atom. The zero-order valence-corrected chi connectivity index (χ0v) is 14.9. The molecule has 0 aliphatic heterocycles. The number of hydrogen-bond donors (Lipinski definition) is 1. The van der Waals surface area contributed by atoms with Crippen molar-refractivity contribution in [3.05, 3.63) is 0 Å². The average Bonchev–Trinajstić information content (AvgIpc) is 1.77. The molecule has 2 N–H and O–H groups in total. The minimum atomic E-state index is -0.346. The quantitative estimate of drug-likeness (QED) is 0.530. The van der Waals surface area contributed by atoms with Crippen LogP contribution in [0.15, 0.2) is 0 Å². The molecule has 0 aromatic rings. The molecule has 0 bridgehead atoms. The van der Waals surface area contributed by atoms with Crippen LogP contribution in [0.2, 0.25) is 0 Å². The van der Waals surface area contributed by atoms with E-state index in [0.717, 1.165) is 0 Å². The molecule has 1 nitrogen and oxygen atoms in total. The van der Waals surface area contributed by atoms with Crippen LogP contribution < -0.4 is 5.73 Å². The molecule has 96 valence electrons. The predicted octanol–water partition coefficient (Wildman–Crippen LogP) is 4.75. The molecule has 1 atom stereocenters. The summed E-state index contributed by atoms with van der Waals surface area (Å²) in [5.74, 6) is 0.333. The standard InChI is InChI=1S/C10H24NP.2ClH.Ru/c1-8(11)12(9(2,3)4)10(5,6)7;;;/h8H,11H2,1-7H3;2*1H;/q;;;+2/p-2. The Morgan fingerprint density at radius 1 is 1.00 bits per heavy atom. The summed E-state index contributed by atoms with van der Waals surface area (Å²) >= 11 is -0.346. The molecule has 0 radical (unpaired) electrons. The Hall–Kier alpha value is 1.59. The van der Waals surface area contributed by atoms with E-state index in [1.165, 1.54) is 0 Å². The third-order valence-electron chi connectivity index (χ3n) is 1.85. The molecule has 0 aliphatic rings. The van der Waals surface area contributed by atoms with Crippen molar-refractivity contribution in [1.82, 2.24) is 0 Å². The molecular weight excluding hydrogens is 337 g/mol. The molecule has 0 fully saturated rings. The van der Waals surface area contributed by atoms with E-state index in [-0.39, 0.29) is 23.1 Å². The van der Waals surface area contributed by atoms with E-state index in [2.05, 4.69) is 48.5 Å². The van der Waals surface area contributed by atoms with Crippen molar-refractivity contribution < 1.29 is 15.1 Å². The molecule has 0 rings (SSSR count).